The maximum Gasteiger partial charge on any atom is 0.329 e. The highest BCUT2D eigenvalue weighted by atomic mass is 19.1. The second kappa shape index (κ2) is 10.0. The molecule has 8 heteroatoms. The third kappa shape index (κ3) is 4.88. The molecule has 0 saturated heterocycles. The van der Waals surface area contributed by atoms with Crippen molar-refractivity contribution in [2.45, 2.75) is 0 Å². The topological polar surface area (TPSA) is 88.4 Å². The number of nitrogens with one attached hydrogen (secondary N) is 2. The normalized spacial score (nSPS) is 11.0. The lowest BCUT2D eigenvalue weighted by molar-refractivity contribution is -0.136. The number of para-hydroxylation sites is 1. The highest BCUT2D eigenvalue weighted by molar-refractivity contribution is 6.40. The van der Waals surface area contributed by atoms with Crippen LogP contribution < -0.4 is 10.7 Å². The van der Waals surface area contributed by atoms with E-state index in [1.54, 1.807) is 35.1 Å². The van der Waals surface area contributed by atoms with Crippen LogP contribution in [0, 0.1) is 5.82 Å². The van der Waals surface area contributed by atoms with Crippen LogP contribution in [0.15, 0.2) is 108 Å². The molecule has 0 atom stereocenters. The first-order chi connectivity index (χ1) is 17.6. The Bertz CT molecular complexity index is 1570. The Hall–Kier alpha value is -5.11. The average Bonchev–Trinajstić information content (AvgIpc) is 3.34. The van der Waals surface area contributed by atoms with Crippen molar-refractivity contribution in [3.63, 3.8) is 0 Å². The van der Waals surface area contributed by atoms with Crippen molar-refractivity contribution in [2.24, 2.45) is 5.10 Å². The van der Waals surface area contributed by atoms with Gasteiger partial charge in [-0.25, -0.2) is 14.5 Å². The molecule has 0 saturated carbocycles. The fourth-order valence-corrected chi connectivity index (χ4v) is 3.75. The van der Waals surface area contributed by atoms with Gasteiger partial charge in [0.05, 0.1) is 11.9 Å². The van der Waals surface area contributed by atoms with Gasteiger partial charge in [0.2, 0.25) is 0 Å². The number of aromatic nitrogens is 2. The minimum Gasteiger partial charge on any atom is -0.317 e. The number of benzene rings is 4. The number of anilines is 1. The molecule has 0 aliphatic carbocycles. The average molecular weight is 477 g/mol. The standard InChI is InChI=1S/C28H20FN5O2/c29-22-15-13-20(14-16-22)26-21(18-34(33-26)23-9-2-1-3-10-23)17-30-32-28(36)27(35)31-25-12-6-8-19-7-4-5-11-24(19)25/h1-18H,(H,31,35)(H,32,36)/b30-17+. The van der Waals surface area contributed by atoms with Crippen molar-refractivity contribution >= 4 is 34.5 Å². The minimum atomic E-state index is -0.919. The zero-order chi connectivity index (χ0) is 24.9. The first-order valence-corrected chi connectivity index (χ1v) is 11.1. The van der Waals surface area contributed by atoms with Crippen LogP contribution in [0.5, 0.6) is 0 Å². The molecule has 0 aliphatic rings. The van der Waals surface area contributed by atoms with Gasteiger partial charge in [0.25, 0.3) is 0 Å². The van der Waals surface area contributed by atoms with Gasteiger partial charge in [-0.3, -0.25) is 9.59 Å². The van der Waals surface area contributed by atoms with E-state index in [1.165, 1.54) is 18.3 Å². The first-order valence-electron chi connectivity index (χ1n) is 11.1. The number of hydrazone groups is 1. The van der Waals surface area contributed by atoms with E-state index < -0.39 is 11.8 Å². The number of amides is 2. The lowest BCUT2D eigenvalue weighted by atomic mass is 10.1. The summed E-state index contributed by atoms with van der Waals surface area (Å²) in [5.74, 6) is -2.12. The number of nitrogens with zero attached hydrogens (tertiary/aromatic N) is 3. The number of fused-ring (bicyclic) bond motifs is 1. The van der Waals surface area contributed by atoms with Crippen molar-refractivity contribution in [3.8, 4) is 16.9 Å². The third-order valence-corrected chi connectivity index (χ3v) is 5.49. The fraction of sp³-hybridized carbons (Fsp3) is 0. The van der Waals surface area contributed by atoms with Crippen LogP contribution in [0.25, 0.3) is 27.7 Å². The molecule has 4 aromatic carbocycles. The van der Waals surface area contributed by atoms with Crippen LogP contribution in [0.2, 0.25) is 0 Å². The lowest BCUT2D eigenvalue weighted by Crippen LogP contribution is -2.32. The summed E-state index contributed by atoms with van der Waals surface area (Å²) in [6.45, 7) is 0. The largest absolute Gasteiger partial charge is 0.329 e. The molecule has 2 amide bonds. The molecule has 2 N–H and O–H groups in total. The molecule has 0 radical (unpaired) electrons. The predicted molar refractivity (Wildman–Crippen MR) is 137 cm³/mol. The van der Waals surface area contributed by atoms with E-state index >= 15 is 0 Å². The highest BCUT2D eigenvalue weighted by Gasteiger charge is 2.15. The summed E-state index contributed by atoms with van der Waals surface area (Å²) in [5.41, 5.74) is 5.39. The maximum absolute atomic E-state index is 13.4. The number of carbonyl (C=O) groups excluding carboxylic acids is 2. The predicted octanol–water partition coefficient (Wildman–Crippen LogP) is 4.92. The maximum atomic E-state index is 13.4. The Morgan fingerprint density at radius 1 is 0.833 bits per heavy atom. The van der Waals surface area contributed by atoms with E-state index in [0.29, 0.717) is 22.5 Å². The number of halogens is 1. The molecule has 1 aromatic heterocycles. The first kappa shape index (κ1) is 22.7. The zero-order valence-corrected chi connectivity index (χ0v) is 18.9. The Morgan fingerprint density at radius 2 is 1.56 bits per heavy atom. The van der Waals surface area contributed by atoms with E-state index in [2.05, 4.69) is 20.9 Å². The Kier molecular flexibility index (Phi) is 6.31. The second-order valence-electron chi connectivity index (χ2n) is 7.90. The van der Waals surface area contributed by atoms with Gasteiger partial charge in [0.15, 0.2) is 0 Å². The van der Waals surface area contributed by atoms with Gasteiger partial charge in [-0.05, 0) is 47.9 Å². The number of carbonyl (C=O) groups is 2. The van der Waals surface area contributed by atoms with E-state index in [-0.39, 0.29) is 5.82 Å². The van der Waals surface area contributed by atoms with E-state index in [0.717, 1.165) is 16.5 Å². The molecule has 5 aromatic rings. The van der Waals surface area contributed by atoms with Gasteiger partial charge in [-0.2, -0.15) is 10.2 Å². The molecule has 1 heterocycles. The van der Waals surface area contributed by atoms with Crippen LogP contribution in [0.3, 0.4) is 0 Å². The van der Waals surface area contributed by atoms with Gasteiger partial charge in [0.1, 0.15) is 11.5 Å². The molecule has 0 aliphatic heterocycles. The monoisotopic (exact) mass is 477 g/mol. The molecular weight excluding hydrogens is 457 g/mol. The van der Waals surface area contributed by atoms with Crippen LogP contribution in [0.4, 0.5) is 10.1 Å². The quantitative estimate of drug-likeness (QED) is 0.214. The fourth-order valence-electron chi connectivity index (χ4n) is 3.75. The SMILES string of the molecule is O=C(N/N=C/c1cn(-c2ccccc2)nc1-c1ccc(F)cc1)C(=O)Nc1cccc2ccccc12. The van der Waals surface area contributed by atoms with Crippen molar-refractivity contribution < 1.29 is 14.0 Å². The van der Waals surface area contributed by atoms with E-state index in [4.69, 9.17) is 0 Å². The minimum absolute atomic E-state index is 0.360. The van der Waals surface area contributed by atoms with Crippen LogP contribution in [-0.4, -0.2) is 27.8 Å². The Balaban J connectivity index is 1.35. The lowest BCUT2D eigenvalue weighted by Gasteiger charge is -2.07. The van der Waals surface area contributed by atoms with Crippen LogP contribution >= 0.6 is 0 Å². The van der Waals surface area contributed by atoms with Gasteiger partial charge >= 0.3 is 11.8 Å². The van der Waals surface area contributed by atoms with Crippen molar-refractivity contribution in [1.82, 2.24) is 15.2 Å². The summed E-state index contributed by atoms with van der Waals surface area (Å²) >= 11 is 0. The van der Waals surface area contributed by atoms with Crippen molar-refractivity contribution in [3.05, 3.63) is 115 Å². The molecule has 0 bridgehead atoms. The molecule has 176 valence electrons. The van der Waals surface area contributed by atoms with Gasteiger partial charge in [-0.1, -0.05) is 54.6 Å². The molecule has 7 nitrogen and oxygen atoms in total. The summed E-state index contributed by atoms with van der Waals surface area (Å²) in [6.07, 6.45) is 3.13. The Morgan fingerprint density at radius 3 is 2.36 bits per heavy atom. The molecule has 36 heavy (non-hydrogen) atoms. The Labute approximate surface area is 205 Å². The molecule has 0 unspecified atom stereocenters. The number of rotatable bonds is 5. The van der Waals surface area contributed by atoms with Crippen LogP contribution in [0.1, 0.15) is 5.56 Å². The number of hydrogen-bond donors (Lipinski definition) is 2. The second-order valence-corrected chi connectivity index (χ2v) is 7.90. The van der Waals surface area contributed by atoms with Crippen LogP contribution in [-0.2, 0) is 9.59 Å². The van der Waals surface area contributed by atoms with E-state index in [1.807, 2.05) is 60.7 Å². The summed E-state index contributed by atoms with van der Waals surface area (Å²) in [6, 6.07) is 28.4. The van der Waals surface area contributed by atoms with Crippen molar-refractivity contribution in [2.75, 3.05) is 5.32 Å². The molecule has 5 rings (SSSR count). The van der Waals surface area contributed by atoms with Gasteiger partial charge in [0, 0.05) is 28.4 Å². The summed E-state index contributed by atoms with van der Waals surface area (Å²) < 4.78 is 15.1. The van der Waals surface area contributed by atoms with Gasteiger partial charge < -0.3 is 5.32 Å². The van der Waals surface area contributed by atoms with Crippen molar-refractivity contribution in [1.29, 1.82) is 0 Å². The molecule has 0 fully saturated rings. The summed E-state index contributed by atoms with van der Waals surface area (Å²) in [4.78, 5) is 24.9. The smallest absolute Gasteiger partial charge is 0.317 e. The number of hydrogen-bond acceptors (Lipinski definition) is 4. The third-order valence-electron chi connectivity index (χ3n) is 5.49. The van der Waals surface area contributed by atoms with E-state index in [9.17, 15) is 14.0 Å². The zero-order valence-electron chi connectivity index (χ0n) is 18.9. The molecular formula is C28H20FN5O2. The summed E-state index contributed by atoms with van der Waals surface area (Å²) in [7, 11) is 0. The highest BCUT2D eigenvalue weighted by Crippen LogP contribution is 2.24. The van der Waals surface area contributed by atoms with Gasteiger partial charge in [-0.15, -0.1) is 0 Å². The summed E-state index contributed by atoms with van der Waals surface area (Å²) in [5, 5.41) is 13.0. The molecule has 0 spiro atoms.